The van der Waals surface area contributed by atoms with Crippen LogP contribution in [0.25, 0.3) is 0 Å². The lowest BCUT2D eigenvalue weighted by Crippen LogP contribution is -2.57. The van der Waals surface area contributed by atoms with E-state index in [0.717, 1.165) is 0 Å². The number of aliphatic hydroxyl groups excluding tert-OH is 1. The van der Waals surface area contributed by atoms with Crippen molar-refractivity contribution in [2.45, 2.75) is 52.6 Å². The summed E-state index contributed by atoms with van der Waals surface area (Å²) in [7, 11) is 0. The maximum atomic E-state index is 12.0. The van der Waals surface area contributed by atoms with Gasteiger partial charge in [0.15, 0.2) is 0 Å². The van der Waals surface area contributed by atoms with Gasteiger partial charge in [0.1, 0.15) is 6.04 Å². The lowest BCUT2D eigenvalue weighted by molar-refractivity contribution is -0.130. The summed E-state index contributed by atoms with van der Waals surface area (Å²) < 4.78 is 0. The number of hydrogen-bond acceptors (Lipinski definition) is 3. The van der Waals surface area contributed by atoms with Gasteiger partial charge < -0.3 is 15.7 Å². The Morgan fingerprint density at radius 3 is 2.18 bits per heavy atom. The molecule has 3 N–H and O–H groups in total. The van der Waals surface area contributed by atoms with Gasteiger partial charge in [0.25, 0.3) is 0 Å². The fourth-order valence-corrected chi connectivity index (χ4v) is 1.37. The maximum absolute atomic E-state index is 12.0. The molecule has 0 saturated heterocycles. The average molecular weight is 244 g/mol. The molecule has 0 aliphatic heterocycles. The summed E-state index contributed by atoms with van der Waals surface area (Å²) in [6, 6.07) is -0.565. The standard InChI is InChI=1S/C12H24N2O3/c1-6-12(5,7-15)14-11(17)10(8(2)3)13-9(4)16/h8,10,15H,6-7H2,1-5H3,(H,13,16)(H,14,17). The Bertz CT molecular complexity index is 273. The summed E-state index contributed by atoms with van der Waals surface area (Å²) in [4.78, 5) is 23.0. The number of carbonyl (C=O) groups is 2. The molecule has 0 aliphatic carbocycles. The zero-order valence-electron chi connectivity index (χ0n) is 11.3. The molecule has 2 amide bonds. The second-order valence-corrected chi connectivity index (χ2v) is 4.98. The van der Waals surface area contributed by atoms with Crippen LogP contribution in [0.15, 0.2) is 0 Å². The molecule has 100 valence electrons. The van der Waals surface area contributed by atoms with E-state index in [1.165, 1.54) is 6.92 Å². The molecular weight excluding hydrogens is 220 g/mol. The van der Waals surface area contributed by atoms with Gasteiger partial charge in [-0.2, -0.15) is 0 Å². The van der Waals surface area contributed by atoms with Crippen molar-refractivity contribution < 1.29 is 14.7 Å². The highest BCUT2D eigenvalue weighted by atomic mass is 16.3. The van der Waals surface area contributed by atoms with Crippen molar-refractivity contribution in [2.24, 2.45) is 5.92 Å². The zero-order valence-corrected chi connectivity index (χ0v) is 11.3. The Labute approximate surface area is 103 Å². The number of carbonyl (C=O) groups excluding carboxylic acids is 2. The van der Waals surface area contributed by atoms with Gasteiger partial charge >= 0.3 is 0 Å². The van der Waals surface area contributed by atoms with E-state index in [2.05, 4.69) is 10.6 Å². The summed E-state index contributed by atoms with van der Waals surface area (Å²) in [5.74, 6) is -0.492. The van der Waals surface area contributed by atoms with E-state index >= 15 is 0 Å². The lowest BCUT2D eigenvalue weighted by Gasteiger charge is -2.31. The topological polar surface area (TPSA) is 78.4 Å². The Hall–Kier alpha value is -1.10. The van der Waals surface area contributed by atoms with Crippen LogP contribution in [0.2, 0.25) is 0 Å². The number of rotatable bonds is 6. The molecule has 5 nitrogen and oxygen atoms in total. The van der Waals surface area contributed by atoms with Crippen molar-refractivity contribution in [3.05, 3.63) is 0 Å². The van der Waals surface area contributed by atoms with Crippen molar-refractivity contribution in [1.29, 1.82) is 0 Å². The Kier molecular flexibility index (Phi) is 6.16. The normalized spacial score (nSPS) is 16.2. The zero-order chi connectivity index (χ0) is 13.6. The van der Waals surface area contributed by atoms with Crippen LogP contribution in [-0.4, -0.2) is 35.1 Å². The molecule has 0 heterocycles. The molecule has 0 aromatic heterocycles. The number of aliphatic hydroxyl groups is 1. The highest BCUT2D eigenvalue weighted by Crippen LogP contribution is 2.10. The van der Waals surface area contributed by atoms with Crippen LogP contribution >= 0.6 is 0 Å². The first kappa shape index (κ1) is 15.9. The van der Waals surface area contributed by atoms with E-state index in [-0.39, 0.29) is 24.3 Å². The van der Waals surface area contributed by atoms with Crippen LogP contribution < -0.4 is 10.6 Å². The molecule has 0 saturated carbocycles. The quantitative estimate of drug-likeness (QED) is 0.634. The number of amides is 2. The fraction of sp³-hybridized carbons (Fsp3) is 0.833. The monoisotopic (exact) mass is 244 g/mol. The van der Waals surface area contributed by atoms with Crippen molar-refractivity contribution in [3.8, 4) is 0 Å². The minimum Gasteiger partial charge on any atom is -0.394 e. The second-order valence-electron chi connectivity index (χ2n) is 4.98. The molecule has 0 fully saturated rings. The largest absolute Gasteiger partial charge is 0.394 e. The number of hydrogen-bond donors (Lipinski definition) is 3. The SMILES string of the molecule is CCC(C)(CO)NC(=O)C(NC(C)=O)C(C)C. The smallest absolute Gasteiger partial charge is 0.243 e. The van der Waals surface area contributed by atoms with Crippen molar-refractivity contribution in [2.75, 3.05) is 6.61 Å². The second kappa shape index (κ2) is 6.59. The molecule has 0 aliphatic rings. The van der Waals surface area contributed by atoms with Gasteiger partial charge in [0.05, 0.1) is 12.1 Å². The summed E-state index contributed by atoms with van der Waals surface area (Å²) >= 11 is 0. The summed E-state index contributed by atoms with van der Waals surface area (Å²) in [6.45, 7) is 8.65. The highest BCUT2D eigenvalue weighted by Gasteiger charge is 2.29. The van der Waals surface area contributed by atoms with Gasteiger partial charge in [-0.1, -0.05) is 20.8 Å². The van der Waals surface area contributed by atoms with Crippen LogP contribution in [-0.2, 0) is 9.59 Å². The molecule has 5 heteroatoms. The summed E-state index contributed by atoms with van der Waals surface area (Å²) in [6.07, 6.45) is 0.625. The lowest BCUT2D eigenvalue weighted by atomic mass is 9.97. The molecule has 0 bridgehead atoms. The third kappa shape index (κ3) is 5.17. The van der Waals surface area contributed by atoms with E-state index in [4.69, 9.17) is 0 Å². The van der Waals surface area contributed by atoms with E-state index in [9.17, 15) is 14.7 Å². The predicted molar refractivity (Wildman–Crippen MR) is 66.4 cm³/mol. The average Bonchev–Trinajstić information content (AvgIpc) is 2.24. The Morgan fingerprint density at radius 1 is 1.35 bits per heavy atom. The Balaban J connectivity index is 4.68. The van der Waals surface area contributed by atoms with Gasteiger partial charge in [-0.05, 0) is 19.3 Å². The van der Waals surface area contributed by atoms with E-state index in [1.54, 1.807) is 6.92 Å². The van der Waals surface area contributed by atoms with Crippen LogP contribution in [0.4, 0.5) is 0 Å². The molecule has 2 unspecified atom stereocenters. The van der Waals surface area contributed by atoms with Gasteiger partial charge in [-0.25, -0.2) is 0 Å². The molecule has 2 atom stereocenters. The Morgan fingerprint density at radius 2 is 1.88 bits per heavy atom. The highest BCUT2D eigenvalue weighted by molar-refractivity contribution is 5.87. The first-order valence-electron chi connectivity index (χ1n) is 5.95. The van der Waals surface area contributed by atoms with Crippen LogP contribution in [0.5, 0.6) is 0 Å². The molecule has 0 rings (SSSR count). The molecule has 0 aromatic rings. The first-order chi connectivity index (χ1) is 7.75. The van der Waals surface area contributed by atoms with E-state index < -0.39 is 11.6 Å². The minimum absolute atomic E-state index is 0.00120. The fourth-order valence-electron chi connectivity index (χ4n) is 1.37. The van der Waals surface area contributed by atoms with Crippen LogP contribution in [0, 0.1) is 5.92 Å². The molecule has 17 heavy (non-hydrogen) atoms. The van der Waals surface area contributed by atoms with Crippen LogP contribution in [0.1, 0.15) is 41.0 Å². The first-order valence-corrected chi connectivity index (χ1v) is 5.95. The van der Waals surface area contributed by atoms with E-state index in [1.807, 2.05) is 20.8 Å². The summed E-state index contributed by atoms with van der Waals surface area (Å²) in [5, 5.41) is 14.6. The molecule has 0 radical (unpaired) electrons. The van der Waals surface area contributed by atoms with Gasteiger partial charge in [-0.15, -0.1) is 0 Å². The van der Waals surface area contributed by atoms with Gasteiger partial charge in [-0.3, -0.25) is 9.59 Å². The minimum atomic E-state index is -0.636. The van der Waals surface area contributed by atoms with E-state index in [0.29, 0.717) is 6.42 Å². The van der Waals surface area contributed by atoms with Crippen molar-refractivity contribution in [1.82, 2.24) is 10.6 Å². The molecule has 0 aromatic carbocycles. The van der Waals surface area contributed by atoms with Gasteiger partial charge in [0.2, 0.25) is 11.8 Å². The number of nitrogens with one attached hydrogen (secondary N) is 2. The predicted octanol–water partition coefficient (Wildman–Crippen LogP) is 0.424. The summed E-state index contributed by atoms with van der Waals surface area (Å²) in [5.41, 5.74) is -0.636. The maximum Gasteiger partial charge on any atom is 0.243 e. The molecular formula is C12H24N2O3. The third-order valence-corrected chi connectivity index (χ3v) is 2.86. The third-order valence-electron chi connectivity index (χ3n) is 2.86. The van der Waals surface area contributed by atoms with Crippen LogP contribution in [0.3, 0.4) is 0 Å². The van der Waals surface area contributed by atoms with Crippen molar-refractivity contribution >= 4 is 11.8 Å². The van der Waals surface area contributed by atoms with Crippen molar-refractivity contribution in [3.63, 3.8) is 0 Å². The molecule has 0 spiro atoms. The van der Waals surface area contributed by atoms with Gasteiger partial charge in [0, 0.05) is 6.92 Å².